The van der Waals surface area contributed by atoms with Crippen LogP contribution in [0.4, 0.5) is 0 Å². The Morgan fingerprint density at radius 3 is 1.66 bits per heavy atom. The fraction of sp³-hybridized carbons (Fsp3) is 0.448. The molecule has 0 bridgehead atoms. The van der Waals surface area contributed by atoms with Crippen LogP contribution >= 0.6 is 34.0 Å². The number of hydrogen-bond acceptors (Lipinski definition) is 11. The van der Waals surface area contributed by atoms with Crippen molar-refractivity contribution in [2.75, 3.05) is 19.8 Å². The van der Waals surface area contributed by atoms with E-state index in [1.54, 1.807) is 22.7 Å². The Morgan fingerprint density at radius 1 is 0.756 bits per heavy atom. The molecular formula is C29H40O8S3Sn. The zero-order valence-corrected chi connectivity index (χ0v) is 29.6. The zero-order valence-electron chi connectivity index (χ0n) is 24.3. The summed E-state index contributed by atoms with van der Waals surface area (Å²) >= 11 is 5.05. The molecule has 0 saturated carbocycles. The third-order valence-corrected chi connectivity index (χ3v) is 10.9. The molecule has 0 fully saturated rings. The van der Waals surface area contributed by atoms with Gasteiger partial charge in [-0.3, -0.25) is 14.4 Å². The molecule has 226 valence electrons. The van der Waals surface area contributed by atoms with Gasteiger partial charge < -0.3 is 14.6 Å². The Balaban J connectivity index is 0.000000545. The first-order valence-corrected chi connectivity index (χ1v) is 19.7. The summed E-state index contributed by atoms with van der Waals surface area (Å²) in [6.07, 6.45) is 2.47. The maximum Gasteiger partial charge on any atom is 0.0471 e. The Morgan fingerprint density at radius 2 is 1.27 bits per heavy atom. The van der Waals surface area contributed by atoms with Crippen molar-refractivity contribution in [2.45, 2.75) is 62.8 Å². The smallest absolute Gasteiger partial charge is 0.0471 e. The number of rotatable bonds is 11. The van der Waals surface area contributed by atoms with Crippen LogP contribution in [0.5, 0.6) is 0 Å². The van der Waals surface area contributed by atoms with E-state index in [9.17, 15) is 19.2 Å². The monoisotopic (exact) mass is 732 g/mol. The van der Waals surface area contributed by atoms with Crippen LogP contribution in [0.1, 0.15) is 56.2 Å². The number of esters is 4. The molecule has 0 amide bonds. The third kappa shape index (κ3) is 25.4. The van der Waals surface area contributed by atoms with Crippen LogP contribution in [-0.2, 0) is 57.1 Å². The van der Waals surface area contributed by atoms with Crippen LogP contribution in [-0.4, -0.2) is 69.9 Å². The van der Waals surface area contributed by atoms with E-state index in [-0.39, 0.29) is 39.7 Å². The summed E-state index contributed by atoms with van der Waals surface area (Å²) in [7, 11) is 0. The van der Waals surface area contributed by atoms with Gasteiger partial charge in [0.1, 0.15) is 0 Å². The number of carbonyl (C=O) groups is 4. The van der Waals surface area contributed by atoms with Crippen LogP contribution in [0.15, 0.2) is 45.1 Å². The summed E-state index contributed by atoms with van der Waals surface area (Å²) in [5.74, 6) is -1.52. The van der Waals surface area contributed by atoms with Crippen LogP contribution in [0, 0.1) is 0 Å². The van der Waals surface area contributed by atoms with Gasteiger partial charge in [0.25, 0.3) is 0 Å². The molecule has 8 nitrogen and oxygen atoms in total. The summed E-state index contributed by atoms with van der Waals surface area (Å²) in [6, 6.07) is 6.33. The largest absolute Gasteiger partial charge is 0.396 e. The average molecular weight is 732 g/mol. The molecule has 0 saturated heterocycles. The number of carbonyl (C=O) groups excluding carboxylic acids is 4. The number of aliphatic hydroxyl groups is 1. The van der Waals surface area contributed by atoms with Gasteiger partial charge in [-0.25, -0.2) is 0 Å². The second kappa shape index (κ2) is 25.6. The molecule has 0 aromatic carbocycles. The van der Waals surface area contributed by atoms with Crippen molar-refractivity contribution in [1.29, 1.82) is 0 Å². The molecule has 0 aliphatic carbocycles. The van der Waals surface area contributed by atoms with E-state index in [0.29, 0.717) is 13.2 Å². The minimum atomic E-state index is -0.562. The number of aliphatic hydroxyl groups excluding tert-OH is 1. The minimum Gasteiger partial charge on any atom is -0.396 e. The summed E-state index contributed by atoms with van der Waals surface area (Å²) in [5, 5.41) is 18.8. The van der Waals surface area contributed by atoms with E-state index in [1.165, 1.54) is 58.1 Å². The second-order valence-electron chi connectivity index (χ2n) is 8.20. The molecule has 1 N–H and O–H groups in total. The maximum absolute atomic E-state index is 10.6. The number of hydrogen-bond donors (Lipinski definition) is 1. The quantitative estimate of drug-likeness (QED) is 0.115. The van der Waals surface area contributed by atoms with Gasteiger partial charge in [0, 0.05) is 33.8 Å². The first kappa shape index (κ1) is 38.9. The van der Waals surface area contributed by atoms with Gasteiger partial charge in [0.15, 0.2) is 0 Å². The molecule has 0 spiro atoms. The van der Waals surface area contributed by atoms with Gasteiger partial charge in [-0.05, 0) is 51.2 Å². The Labute approximate surface area is 265 Å². The second-order valence-corrected chi connectivity index (χ2v) is 15.2. The fourth-order valence-corrected chi connectivity index (χ4v) is 8.03. The van der Waals surface area contributed by atoms with Gasteiger partial charge >= 0.3 is 124 Å². The van der Waals surface area contributed by atoms with E-state index < -0.39 is 11.9 Å². The van der Waals surface area contributed by atoms with Crippen molar-refractivity contribution in [1.82, 2.24) is 0 Å². The normalized spacial score (nSPS) is 9.51. The van der Waals surface area contributed by atoms with E-state index >= 15 is 0 Å². The molecule has 0 aliphatic heterocycles. The summed E-state index contributed by atoms with van der Waals surface area (Å²) in [4.78, 5) is 42.1. The molecule has 3 heterocycles. The SMILES string of the molecule is CC(=O)OC(C)=O.CC(=O)OCCc1ccsc1.C[CH2][Sn][CH2]c1cc(CCOC(C)=O)cs1.OCCc1ccsc1. The van der Waals surface area contributed by atoms with Crippen molar-refractivity contribution in [2.24, 2.45) is 0 Å². The van der Waals surface area contributed by atoms with Gasteiger partial charge in [-0.2, -0.15) is 22.7 Å². The van der Waals surface area contributed by atoms with Crippen molar-refractivity contribution in [3.63, 3.8) is 0 Å². The predicted octanol–water partition coefficient (Wildman–Crippen LogP) is 5.73. The molecule has 0 unspecified atom stereocenters. The van der Waals surface area contributed by atoms with Crippen LogP contribution in [0.25, 0.3) is 0 Å². The summed E-state index contributed by atoms with van der Waals surface area (Å²) in [5.41, 5.74) is 3.78. The molecule has 0 atom stereocenters. The van der Waals surface area contributed by atoms with E-state index in [1.807, 2.05) is 34.2 Å². The molecule has 3 rings (SSSR count). The number of thiophene rings is 3. The fourth-order valence-electron chi connectivity index (χ4n) is 2.72. The molecule has 12 heteroatoms. The molecule has 3 aromatic rings. The van der Waals surface area contributed by atoms with E-state index in [4.69, 9.17) is 14.6 Å². The van der Waals surface area contributed by atoms with Gasteiger partial charge in [-0.15, -0.1) is 0 Å². The summed E-state index contributed by atoms with van der Waals surface area (Å²) in [6.45, 7) is 8.78. The summed E-state index contributed by atoms with van der Waals surface area (Å²) < 4.78 is 16.4. The molecule has 2 radical (unpaired) electrons. The molecule has 41 heavy (non-hydrogen) atoms. The first-order valence-electron chi connectivity index (χ1n) is 12.9. The van der Waals surface area contributed by atoms with Crippen LogP contribution in [0.2, 0.25) is 4.44 Å². The maximum atomic E-state index is 10.6. The minimum absolute atomic E-state index is 0.122. The Hall–Kier alpha value is -2.06. The molecule has 3 aromatic heterocycles. The molecule has 0 aliphatic rings. The zero-order chi connectivity index (χ0) is 30.9. The Kier molecular flexibility index (Phi) is 24.3. The van der Waals surface area contributed by atoms with Crippen molar-refractivity contribution in [3.8, 4) is 0 Å². The first-order chi connectivity index (χ1) is 19.6. The van der Waals surface area contributed by atoms with E-state index in [0.717, 1.165) is 19.3 Å². The van der Waals surface area contributed by atoms with Crippen LogP contribution < -0.4 is 0 Å². The van der Waals surface area contributed by atoms with Gasteiger partial charge in [-0.1, -0.05) is 0 Å². The van der Waals surface area contributed by atoms with E-state index in [2.05, 4.69) is 33.9 Å². The predicted molar refractivity (Wildman–Crippen MR) is 167 cm³/mol. The van der Waals surface area contributed by atoms with Gasteiger partial charge in [0.05, 0.1) is 6.61 Å². The Bertz CT molecular complexity index is 1080. The van der Waals surface area contributed by atoms with Crippen molar-refractivity contribution >= 4 is 79.0 Å². The number of ether oxygens (including phenoxy) is 3. The average Bonchev–Trinajstić information content (AvgIpc) is 3.67. The third-order valence-electron chi connectivity index (χ3n) is 4.50. The molecular weight excluding hydrogens is 691 g/mol. The van der Waals surface area contributed by atoms with Crippen molar-refractivity contribution < 1.29 is 38.5 Å². The standard InChI is InChI=1S/C9H11O2S.C8H10O2S.C6H8OS.C4H6O3.C2H5.Sn/c1-7-5-9(6-12-7)3-4-11-8(2)10;1-7(9)10-4-2-8-3-5-11-6-8;7-3-1-6-2-4-8-5-6;1-3(5)7-4(2)6;1-2;/h5-6H,1,3-4H2,2H3;3,5-6H,2,4H2,1H3;2,4-5,7H,1,3H2;1-2H3;1H2,2H3;. The van der Waals surface area contributed by atoms with Crippen molar-refractivity contribution in [3.05, 3.63) is 66.7 Å². The topological polar surface area (TPSA) is 116 Å². The van der Waals surface area contributed by atoms with Gasteiger partial charge in [0.2, 0.25) is 0 Å². The van der Waals surface area contributed by atoms with Crippen LogP contribution in [0.3, 0.4) is 0 Å².